The third-order valence-corrected chi connectivity index (χ3v) is 12.4. The monoisotopic (exact) mass is 915 g/mol. The van der Waals surface area contributed by atoms with Gasteiger partial charge in [0.1, 0.15) is 48.2 Å². The summed E-state index contributed by atoms with van der Waals surface area (Å²) in [6.45, 7) is 0. The van der Waals surface area contributed by atoms with Crippen LogP contribution in [0.15, 0.2) is 97.1 Å². The van der Waals surface area contributed by atoms with E-state index in [2.05, 4.69) is 0 Å². The van der Waals surface area contributed by atoms with Crippen LogP contribution in [0, 0.1) is 11.7 Å². The summed E-state index contributed by atoms with van der Waals surface area (Å²) in [7, 11) is -4.57. The van der Waals surface area contributed by atoms with E-state index >= 15 is 0 Å². The molecule has 4 unspecified atom stereocenters. The number of phenols is 1. The third-order valence-electron chi connectivity index (χ3n) is 11.4. The van der Waals surface area contributed by atoms with Crippen molar-refractivity contribution >= 4 is 36.4 Å². The normalized spacial score (nSPS) is 30.6. The van der Waals surface area contributed by atoms with Gasteiger partial charge in [-0.25, -0.2) is 14.0 Å². The molecular formula is C42H43FNO19P. The number of rotatable bonds is 14. The van der Waals surface area contributed by atoms with Gasteiger partial charge in [-0.05, 0) is 59.2 Å². The molecule has 4 aromatic rings. The van der Waals surface area contributed by atoms with Gasteiger partial charge in [0.05, 0.1) is 29.5 Å². The highest BCUT2D eigenvalue weighted by molar-refractivity contribution is 7.60. The van der Waals surface area contributed by atoms with Gasteiger partial charge in [-0.3, -0.25) is 9.36 Å². The first-order chi connectivity index (χ1) is 30.3. The number of amides is 1. The van der Waals surface area contributed by atoms with Crippen molar-refractivity contribution in [3.05, 3.63) is 114 Å². The standard InChI is InChI=1S/C42H43FNO19P/c43-21-11-6-19(7-12-21)26(60-41-34(50)30(46)32(48)36(62-41)39(53)54)17-27(61-42-35(51)31(47)33(49)37(63-42)40(55)56)28-29(44(38(28)52)22-4-2-1-3-5-22)24-15-10-20(16-25(24)45)18-8-13-23(14-9-18)64(57,58)59/h1-16,26-37,41-42,45-51H,17H2,(H,53,54)(H,55,56)(H2,57,58,59)/t26-,27+,28+,29+,30?,31?,32-,33-,34-,35-,36?,37?,41-,42-/m0/s1. The van der Waals surface area contributed by atoms with Crippen molar-refractivity contribution in [2.45, 2.75) is 86.1 Å². The van der Waals surface area contributed by atoms with Crippen LogP contribution in [0.25, 0.3) is 11.1 Å². The van der Waals surface area contributed by atoms with Crippen molar-refractivity contribution in [3.8, 4) is 16.9 Å². The van der Waals surface area contributed by atoms with Crippen LogP contribution in [-0.4, -0.2) is 141 Å². The maximum atomic E-state index is 14.6. The zero-order valence-electron chi connectivity index (χ0n) is 33.0. The van der Waals surface area contributed by atoms with Gasteiger partial charge in [-0.15, -0.1) is 0 Å². The quantitative estimate of drug-likeness (QED) is 0.0587. The van der Waals surface area contributed by atoms with Crippen LogP contribution in [0.2, 0.25) is 0 Å². The lowest BCUT2D eigenvalue weighted by atomic mass is 9.75. The molecule has 0 aromatic heterocycles. The van der Waals surface area contributed by atoms with Crippen molar-refractivity contribution in [2.24, 2.45) is 5.92 Å². The maximum Gasteiger partial charge on any atom is 0.356 e. The molecule has 7 rings (SSSR count). The second-order valence-corrected chi connectivity index (χ2v) is 17.0. The van der Waals surface area contributed by atoms with Gasteiger partial charge in [0.2, 0.25) is 5.91 Å². The molecule has 0 spiro atoms. The minimum Gasteiger partial charge on any atom is -0.508 e. The Morgan fingerprint density at radius 2 is 1.23 bits per heavy atom. The molecule has 4 aromatic carbocycles. The van der Waals surface area contributed by atoms with Crippen molar-refractivity contribution < 1.29 is 98.0 Å². The number of para-hydroxylation sites is 1. The number of hydrogen-bond acceptors (Lipinski definition) is 15. The fourth-order valence-electron chi connectivity index (χ4n) is 8.01. The molecule has 11 N–H and O–H groups in total. The number of aliphatic carboxylic acids is 2. The Labute approximate surface area is 361 Å². The lowest BCUT2D eigenvalue weighted by Gasteiger charge is -2.51. The van der Waals surface area contributed by atoms with E-state index in [1.807, 2.05) is 0 Å². The minimum atomic E-state index is -4.57. The molecule has 20 nitrogen and oxygen atoms in total. The van der Waals surface area contributed by atoms with Gasteiger partial charge in [0, 0.05) is 17.7 Å². The molecule has 0 bridgehead atoms. The van der Waals surface area contributed by atoms with Gasteiger partial charge >= 0.3 is 19.5 Å². The van der Waals surface area contributed by atoms with E-state index in [0.717, 1.165) is 12.1 Å². The van der Waals surface area contributed by atoms with Gasteiger partial charge < -0.3 is 79.6 Å². The number of aromatic hydroxyl groups is 1. The predicted molar refractivity (Wildman–Crippen MR) is 214 cm³/mol. The fourth-order valence-corrected chi connectivity index (χ4v) is 8.55. The molecule has 0 aliphatic carbocycles. The number of phenolic OH excluding ortho intramolecular Hbond substituents is 1. The molecule has 3 heterocycles. The van der Waals surface area contributed by atoms with Crippen LogP contribution in [0.1, 0.15) is 29.7 Å². The Morgan fingerprint density at radius 3 is 1.75 bits per heavy atom. The lowest BCUT2D eigenvalue weighted by Crippen LogP contribution is -2.64. The number of carboxylic acids is 2. The Kier molecular flexibility index (Phi) is 13.7. The minimum absolute atomic E-state index is 0.0717. The molecule has 14 atom stereocenters. The summed E-state index contributed by atoms with van der Waals surface area (Å²) in [4.78, 5) is 59.2. The number of halogens is 1. The van der Waals surface area contributed by atoms with Gasteiger partial charge in [-0.1, -0.05) is 54.6 Å². The molecule has 342 valence electrons. The fraction of sp³-hybridized carbons (Fsp3) is 0.357. The number of anilines is 1. The van der Waals surface area contributed by atoms with Crippen molar-refractivity contribution in [3.63, 3.8) is 0 Å². The molecule has 22 heteroatoms. The van der Waals surface area contributed by atoms with Crippen LogP contribution < -0.4 is 10.2 Å². The molecular weight excluding hydrogens is 872 g/mol. The Hall–Kier alpha value is -5.23. The maximum absolute atomic E-state index is 14.6. The number of β-lactam (4-membered cyclic amide) rings is 1. The molecule has 3 aliphatic rings. The average Bonchev–Trinajstić information content (AvgIpc) is 3.25. The summed E-state index contributed by atoms with van der Waals surface area (Å²) in [6.07, 6.45) is -25.1. The van der Waals surface area contributed by atoms with Crippen LogP contribution in [0.3, 0.4) is 0 Å². The molecule has 0 radical (unpaired) electrons. The molecule has 0 saturated carbocycles. The predicted octanol–water partition coefficient (Wildman–Crippen LogP) is 0.0230. The summed E-state index contributed by atoms with van der Waals surface area (Å²) in [5.41, 5.74) is 1.30. The second kappa shape index (κ2) is 18.7. The molecule has 1 amide bonds. The molecule has 3 aliphatic heterocycles. The zero-order chi connectivity index (χ0) is 46.4. The first-order valence-corrected chi connectivity index (χ1v) is 21.2. The number of aliphatic hydroxyl groups is 6. The second-order valence-electron chi connectivity index (χ2n) is 15.4. The van der Waals surface area contributed by atoms with Crippen molar-refractivity contribution in [1.29, 1.82) is 0 Å². The number of nitrogens with zero attached hydrogens (tertiary/aromatic N) is 1. The van der Waals surface area contributed by atoms with E-state index in [1.54, 1.807) is 36.4 Å². The number of aliphatic hydroxyl groups excluding tert-OH is 6. The summed E-state index contributed by atoms with van der Waals surface area (Å²) in [5.74, 6) is -6.78. The Balaban J connectivity index is 1.33. The number of ether oxygens (including phenoxy) is 4. The van der Waals surface area contributed by atoms with E-state index in [4.69, 9.17) is 18.9 Å². The van der Waals surface area contributed by atoms with Gasteiger partial charge in [0.15, 0.2) is 24.8 Å². The van der Waals surface area contributed by atoms with E-state index in [1.165, 1.54) is 53.4 Å². The Bertz CT molecular complexity index is 2370. The average molecular weight is 916 g/mol. The van der Waals surface area contributed by atoms with Crippen LogP contribution in [0.5, 0.6) is 5.75 Å². The van der Waals surface area contributed by atoms with Crippen LogP contribution in [0.4, 0.5) is 10.1 Å². The van der Waals surface area contributed by atoms with E-state index in [0.29, 0.717) is 16.8 Å². The van der Waals surface area contributed by atoms with Crippen LogP contribution >= 0.6 is 7.60 Å². The van der Waals surface area contributed by atoms with E-state index in [9.17, 15) is 79.1 Å². The Morgan fingerprint density at radius 1 is 0.703 bits per heavy atom. The van der Waals surface area contributed by atoms with Crippen molar-refractivity contribution in [2.75, 3.05) is 4.90 Å². The van der Waals surface area contributed by atoms with Gasteiger partial charge in [-0.2, -0.15) is 0 Å². The molecule has 3 saturated heterocycles. The first kappa shape index (κ1) is 46.8. The SMILES string of the molecule is O=C(O)C1O[C@H](O[C@@H](C[C@@H](O[C@H]2OC(C(=O)O)[C@@H](O)C(O)[C@@H]2O)[C@H]2C(=O)N(c3ccccc3)[C@@H]2c2ccc(-c3ccc(P(=O)(O)O)cc3)cc2O)c2ccc(F)cc2)[C@@H](O)C(O)[C@@H]1O. The number of carbonyl (C=O) groups is 3. The topological polar surface area (TPSA) is 331 Å². The number of benzene rings is 4. The first-order valence-electron chi connectivity index (χ1n) is 19.6. The lowest BCUT2D eigenvalue weighted by molar-refractivity contribution is -0.320. The van der Waals surface area contributed by atoms with Crippen LogP contribution in [-0.2, 0) is 37.9 Å². The van der Waals surface area contributed by atoms with Gasteiger partial charge in [0.25, 0.3) is 0 Å². The summed E-state index contributed by atoms with van der Waals surface area (Å²) in [5, 5.41) is 95.1. The highest BCUT2D eigenvalue weighted by Crippen LogP contribution is 2.51. The largest absolute Gasteiger partial charge is 0.508 e. The van der Waals surface area contributed by atoms with E-state index < -0.39 is 129 Å². The number of carboxylic acid groups (broad SMARTS) is 2. The summed E-state index contributed by atoms with van der Waals surface area (Å²) in [6, 6.07) is 21.0. The summed E-state index contributed by atoms with van der Waals surface area (Å²) >= 11 is 0. The van der Waals surface area contributed by atoms with Crippen molar-refractivity contribution in [1.82, 2.24) is 0 Å². The number of carbonyl (C=O) groups excluding carboxylic acids is 1. The third kappa shape index (κ3) is 9.30. The summed E-state index contributed by atoms with van der Waals surface area (Å²) < 4.78 is 49.2. The highest BCUT2D eigenvalue weighted by atomic mass is 31.2. The molecule has 3 fully saturated rings. The number of hydrogen-bond donors (Lipinski definition) is 11. The smallest absolute Gasteiger partial charge is 0.356 e. The van der Waals surface area contributed by atoms with E-state index in [-0.39, 0.29) is 16.4 Å². The zero-order valence-corrected chi connectivity index (χ0v) is 33.9. The highest BCUT2D eigenvalue weighted by Gasteiger charge is 2.57. The molecule has 64 heavy (non-hydrogen) atoms.